The van der Waals surface area contributed by atoms with Gasteiger partial charge in [0, 0.05) is 30.2 Å². The lowest BCUT2D eigenvalue weighted by molar-refractivity contribution is -0.119. The predicted octanol–water partition coefficient (Wildman–Crippen LogP) is 2.05. The lowest BCUT2D eigenvalue weighted by atomic mass is 10.1. The van der Waals surface area contributed by atoms with E-state index in [9.17, 15) is 9.59 Å². The highest BCUT2D eigenvalue weighted by atomic mass is 16.5. The summed E-state index contributed by atoms with van der Waals surface area (Å²) in [7, 11) is 0. The van der Waals surface area contributed by atoms with Crippen molar-refractivity contribution in [2.24, 2.45) is 5.73 Å². The molecule has 0 fully saturated rings. The molecule has 2 aromatic carbocycles. The second-order valence-electron chi connectivity index (χ2n) is 5.67. The van der Waals surface area contributed by atoms with Gasteiger partial charge in [-0.3, -0.25) is 9.59 Å². The first-order chi connectivity index (χ1) is 12.6. The molecule has 0 radical (unpaired) electrons. The Morgan fingerprint density at radius 3 is 2.42 bits per heavy atom. The molecule has 0 aliphatic rings. The van der Waals surface area contributed by atoms with Crippen molar-refractivity contribution in [3.05, 3.63) is 78.4 Å². The number of anilines is 1. The van der Waals surface area contributed by atoms with Gasteiger partial charge in [-0.05, 0) is 42.0 Å². The highest BCUT2D eigenvalue weighted by molar-refractivity contribution is 6.04. The molecule has 3 aromatic rings. The standard InChI is InChI=1S/C19H18N4O3/c20-18(24)12-26-17-7-5-16(6-8-17)22-19(25)15-3-1-14(2-4-15)11-23-10-9-21-13-23/h1-10,13H,11-12H2,(H2,20,24)(H,22,25). The minimum absolute atomic E-state index is 0.183. The summed E-state index contributed by atoms with van der Waals surface area (Å²) >= 11 is 0. The van der Waals surface area contributed by atoms with E-state index in [0.29, 0.717) is 23.5 Å². The lowest BCUT2D eigenvalue weighted by Crippen LogP contribution is -2.20. The van der Waals surface area contributed by atoms with Gasteiger partial charge >= 0.3 is 0 Å². The summed E-state index contributed by atoms with van der Waals surface area (Å²) in [4.78, 5) is 27.0. The zero-order chi connectivity index (χ0) is 18.4. The van der Waals surface area contributed by atoms with Gasteiger partial charge in [0.05, 0.1) is 6.33 Å². The summed E-state index contributed by atoms with van der Waals surface area (Å²) in [5.41, 5.74) is 7.29. The van der Waals surface area contributed by atoms with Crippen LogP contribution < -0.4 is 15.8 Å². The number of ether oxygens (including phenoxy) is 1. The van der Waals surface area contributed by atoms with E-state index in [4.69, 9.17) is 10.5 Å². The quantitative estimate of drug-likeness (QED) is 0.681. The van der Waals surface area contributed by atoms with Crippen LogP contribution in [0.4, 0.5) is 5.69 Å². The molecule has 1 heterocycles. The number of hydrogen-bond donors (Lipinski definition) is 2. The van der Waals surface area contributed by atoms with Gasteiger partial charge in [0.15, 0.2) is 6.61 Å². The van der Waals surface area contributed by atoms with Crippen LogP contribution in [-0.2, 0) is 11.3 Å². The molecule has 0 saturated carbocycles. The Morgan fingerprint density at radius 1 is 1.08 bits per heavy atom. The van der Waals surface area contributed by atoms with Gasteiger partial charge in [0.25, 0.3) is 11.8 Å². The summed E-state index contributed by atoms with van der Waals surface area (Å²) in [6.07, 6.45) is 5.36. The van der Waals surface area contributed by atoms with Crippen molar-refractivity contribution in [3.63, 3.8) is 0 Å². The van der Waals surface area contributed by atoms with Crippen LogP contribution in [0.1, 0.15) is 15.9 Å². The molecule has 0 spiro atoms. The largest absolute Gasteiger partial charge is 0.484 e. The van der Waals surface area contributed by atoms with Gasteiger partial charge in [-0.25, -0.2) is 4.98 Å². The van der Waals surface area contributed by atoms with Gasteiger partial charge in [0.2, 0.25) is 0 Å². The molecule has 26 heavy (non-hydrogen) atoms. The molecular formula is C19H18N4O3. The lowest BCUT2D eigenvalue weighted by Gasteiger charge is -2.08. The summed E-state index contributed by atoms with van der Waals surface area (Å²) in [5.74, 6) is -0.241. The van der Waals surface area contributed by atoms with Gasteiger partial charge in [-0.1, -0.05) is 12.1 Å². The number of carbonyl (C=O) groups is 2. The van der Waals surface area contributed by atoms with E-state index >= 15 is 0 Å². The fourth-order valence-corrected chi connectivity index (χ4v) is 2.34. The van der Waals surface area contributed by atoms with Crippen molar-refractivity contribution in [2.45, 2.75) is 6.54 Å². The van der Waals surface area contributed by atoms with Crippen molar-refractivity contribution >= 4 is 17.5 Å². The fraction of sp³-hybridized carbons (Fsp3) is 0.105. The molecule has 0 saturated heterocycles. The van der Waals surface area contributed by atoms with Crippen LogP contribution in [0.5, 0.6) is 5.75 Å². The topological polar surface area (TPSA) is 99.2 Å². The fourth-order valence-electron chi connectivity index (χ4n) is 2.34. The molecule has 0 bridgehead atoms. The maximum absolute atomic E-state index is 12.3. The average molecular weight is 350 g/mol. The third-order valence-corrected chi connectivity index (χ3v) is 3.63. The normalized spacial score (nSPS) is 10.3. The van der Waals surface area contributed by atoms with Crippen molar-refractivity contribution in [1.82, 2.24) is 9.55 Å². The maximum Gasteiger partial charge on any atom is 0.255 e. The van der Waals surface area contributed by atoms with Crippen LogP contribution in [0.25, 0.3) is 0 Å². The number of aromatic nitrogens is 2. The van der Waals surface area contributed by atoms with E-state index in [0.717, 1.165) is 5.56 Å². The second-order valence-corrected chi connectivity index (χ2v) is 5.67. The third-order valence-electron chi connectivity index (χ3n) is 3.63. The van der Waals surface area contributed by atoms with E-state index in [2.05, 4.69) is 10.3 Å². The van der Waals surface area contributed by atoms with Gasteiger partial charge in [-0.2, -0.15) is 0 Å². The Hall–Kier alpha value is -3.61. The Kier molecular flexibility index (Phi) is 5.28. The van der Waals surface area contributed by atoms with Crippen molar-refractivity contribution < 1.29 is 14.3 Å². The number of rotatable bonds is 7. The van der Waals surface area contributed by atoms with E-state index in [1.807, 2.05) is 22.9 Å². The van der Waals surface area contributed by atoms with Crippen LogP contribution in [0.2, 0.25) is 0 Å². The van der Waals surface area contributed by atoms with Crippen LogP contribution in [-0.4, -0.2) is 28.0 Å². The minimum atomic E-state index is -0.543. The summed E-state index contributed by atoms with van der Waals surface area (Å²) in [6, 6.07) is 14.1. The minimum Gasteiger partial charge on any atom is -0.484 e. The Morgan fingerprint density at radius 2 is 1.81 bits per heavy atom. The molecule has 0 atom stereocenters. The van der Waals surface area contributed by atoms with E-state index in [-0.39, 0.29) is 12.5 Å². The number of imidazole rings is 1. The molecule has 7 nitrogen and oxygen atoms in total. The molecule has 3 rings (SSSR count). The number of primary amides is 1. The second kappa shape index (κ2) is 7.98. The third kappa shape index (κ3) is 4.70. The van der Waals surface area contributed by atoms with Crippen LogP contribution in [0.15, 0.2) is 67.3 Å². The Labute approximate surface area is 150 Å². The summed E-state index contributed by atoms with van der Waals surface area (Å²) in [6.45, 7) is 0.520. The van der Waals surface area contributed by atoms with Gasteiger partial charge in [0.1, 0.15) is 5.75 Å². The zero-order valence-corrected chi connectivity index (χ0v) is 14.0. The summed E-state index contributed by atoms with van der Waals surface area (Å²) < 4.78 is 7.13. The summed E-state index contributed by atoms with van der Waals surface area (Å²) in [5, 5.41) is 2.81. The predicted molar refractivity (Wildman–Crippen MR) is 96.9 cm³/mol. The highest BCUT2D eigenvalue weighted by Gasteiger charge is 2.07. The van der Waals surface area contributed by atoms with Gasteiger partial charge < -0.3 is 20.4 Å². The number of nitrogens with two attached hydrogens (primary N) is 1. The monoisotopic (exact) mass is 350 g/mol. The SMILES string of the molecule is NC(=O)COc1ccc(NC(=O)c2ccc(Cn3ccnc3)cc2)cc1. The zero-order valence-electron chi connectivity index (χ0n) is 14.0. The van der Waals surface area contributed by atoms with Crippen LogP contribution in [0, 0.1) is 0 Å². The van der Waals surface area contributed by atoms with Crippen LogP contribution in [0.3, 0.4) is 0 Å². The van der Waals surface area contributed by atoms with Crippen molar-refractivity contribution in [1.29, 1.82) is 0 Å². The molecule has 0 aliphatic carbocycles. The molecule has 2 amide bonds. The first-order valence-electron chi connectivity index (χ1n) is 7.97. The van der Waals surface area contributed by atoms with E-state index < -0.39 is 5.91 Å². The number of benzene rings is 2. The maximum atomic E-state index is 12.3. The average Bonchev–Trinajstić information content (AvgIpc) is 3.14. The number of hydrogen-bond acceptors (Lipinski definition) is 4. The van der Waals surface area contributed by atoms with Crippen molar-refractivity contribution in [3.8, 4) is 5.75 Å². The van der Waals surface area contributed by atoms with E-state index in [1.54, 1.807) is 48.9 Å². The van der Waals surface area contributed by atoms with Crippen LogP contribution >= 0.6 is 0 Å². The number of nitrogens with one attached hydrogen (secondary N) is 1. The molecule has 0 unspecified atom stereocenters. The molecule has 132 valence electrons. The molecule has 1 aromatic heterocycles. The van der Waals surface area contributed by atoms with E-state index in [1.165, 1.54) is 0 Å². The molecule has 3 N–H and O–H groups in total. The van der Waals surface area contributed by atoms with Gasteiger partial charge in [-0.15, -0.1) is 0 Å². The first-order valence-corrected chi connectivity index (χ1v) is 7.97. The number of nitrogens with zero attached hydrogens (tertiary/aromatic N) is 2. The van der Waals surface area contributed by atoms with Crippen molar-refractivity contribution in [2.75, 3.05) is 11.9 Å². The smallest absolute Gasteiger partial charge is 0.255 e. The molecular weight excluding hydrogens is 332 g/mol. The number of carbonyl (C=O) groups excluding carboxylic acids is 2. The first kappa shape index (κ1) is 17.2. The number of amides is 2. The Balaban J connectivity index is 1.58. The highest BCUT2D eigenvalue weighted by Crippen LogP contribution is 2.17. The molecule has 7 heteroatoms. The Bertz CT molecular complexity index is 872. The molecule has 0 aliphatic heterocycles.